The van der Waals surface area contributed by atoms with E-state index in [9.17, 15) is 9.59 Å². The van der Waals surface area contributed by atoms with Crippen molar-refractivity contribution in [2.75, 3.05) is 31.5 Å². The molecule has 1 atom stereocenters. The quantitative estimate of drug-likeness (QED) is 0.744. The predicted octanol–water partition coefficient (Wildman–Crippen LogP) is 2.82. The van der Waals surface area contributed by atoms with Gasteiger partial charge in [0.25, 0.3) is 0 Å². The van der Waals surface area contributed by atoms with Gasteiger partial charge in [-0.25, -0.2) is 4.79 Å². The molecule has 1 aromatic carbocycles. The second-order valence-electron chi connectivity index (χ2n) is 7.89. The fraction of sp³-hybridized carbons (Fsp3) is 0.619. The molecule has 27 heavy (non-hydrogen) atoms. The topological polar surface area (TPSA) is 73.5 Å². The summed E-state index contributed by atoms with van der Waals surface area (Å²) in [7, 11) is 0. The molecule has 0 aliphatic carbocycles. The zero-order chi connectivity index (χ0) is 19.1. The van der Waals surface area contributed by atoms with Crippen LogP contribution in [0.5, 0.6) is 0 Å². The molecule has 0 saturated carbocycles. The molecule has 1 aromatic rings. The van der Waals surface area contributed by atoms with Crippen LogP contribution in [0.2, 0.25) is 0 Å². The van der Waals surface area contributed by atoms with Crippen LogP contribution in [0.15, 0.2) is 30.3 Å². The molecule has 6 nitrogen and oxygen atoms in total. The molecule has 2 saturated heterocycles. The van der Waals surface area contributed by atoms with Gasteiger partial charge in [0.05, 0.1) is 0 Å². The fourth-order valence-electron chi connectivity index (χ4n) is 4.13. The highest BCUT2D eigenvalue weighted by Gasteiger charge is 2.27. The summed E-state index contributed by atoms with van der Waals surface area (Å²) in [5.41, 5.74) is 0.787. The standard InChI is InChI=1S/C21H32N4O2/c1-16(17-7-11-22-12-8-17)15-20(26)25-13-9-19(10-14-25)24-21(27)23-18-5-3-2-4-6-18/h2-6,16-17,19,22H,7-15H2,1H3,(H2,23,24,27). The minimum Gasteiger partial charge on any atom is -0.343 e. The Kier molecular flexibility index (Phi) is 7.10. The molecule has 3 N–H and O–H groups in total. The van der Waals surface area contributed by atoms with Crippen molar-refractivity contribution in [3.8, 4) is 0 Å². The summed E-state index contributed by atoms with van der Waals surface area (Å²) in [4.78, 5) is 26.7. The zero-order valence-corrected chi connectivity index (χ0v) is 16.2. The maximum atomic E-state index is 12.6. The van der Waals surface area contributed by atoms with E-state index >= 15 is 0 Å². The van der Waals surface area contributed by atoms with E-state index in [2.05, 4.69) is 22.9 Å². The third-order valence-electron chi connectivity index (χ3n) is 5.90. The van der Waals surface area contributed by atoms with E-state index in [1.807, 2.05) is 35.2 Å². The fourth-order valence-corrected chi connectivity index (χ4v) is 4.13. The van der Waals surface area contributed by atoms with Crippen LogP contribution in [0.1, 0.15) is 39.0 Å². The Labute approximate surface area is 162 Å². The largest absolute Gasteiger partial charge is 0.343 e. The van der Waals surface area contributed by atoms with Crippen LogP contribution >= 0.6 is 0 Å². The Hall–Kier alpha value is -2.08. The third kappa shape index (κ3) is 5.96. The van der Waals surface area contributed by atoms with Crippen molar-refractivity contribution in [1.29, 1.82) is 0 Å². The summed E-state index contributed by atoms with van der Waals surface area (Å²) in [5, 5.41) is 9.26. The third-order valence-corrected chi connectivity index (χ3v) is 5.90. The number of nitrogens with zero attached hydrogens (tertiary/aromatic N) is 1. The molecular formula is C21H32N4O2. The number of urea groups is 1. The molecule has 2 aliphatic heterocycles. The maximum Gasteiger partial charge on any atom is 0.319 e. The molecule has 1 unspecified atom stereocenters. The van der Waals surface area contributed by atoms with E-state index < -0.39 is 0 Å². The number of likely N-dealkylation sites (tertiary alicyclic amines) is 1. The highest BCUT2D eigenvalue weighted by atomic mass is 16.2. The monoisotopic (exact) mass is 372 g/mol. The second-order valence-corrected chi connectivity index (χ2v) is 7.89. The highest BCUT2D eigenvalue weighted by Crippen LogP contribution is 2.25. The van der Waals surface area contributed by atoms with Crippen LogP contribution in [0.4, 0.5) is 10.5 Å². The van der Waals surface area contributed by atoms with Crippen molar-refractivity contribution in [2.45, 2.75) is 45.1 Å². The molecule has 148 valence electrons. The lowest BCUT2D eigenvalue weighted by atomic mass is 9.84. The van der Waals surface area contributed by atoms with Crippen LogP contribution in [-0.2, 0) is 4.79 Å². The van der Waals surface area contributed by atoms with Gasteiger partial charge < -0.3 is 20.9 Å². The van der Waals surface area contributed by atoms with Gasteiger partial charge in [0.2, 0.25) is 5.91 Å². The second kappa shape index (κ2) is 9.74. The number of piperidine rings is 2. The van der Waals surface area contributed by atoms with Crippen molar-refractivity contribution in [1.82, 2.24) is 15.5 Å². The van der Waals surface area contributed by atoms with Gasteiger partial charge in [-0.2, -0.15) is 0 Å². The first kappa shape index (κ1) is 19.7. The number of carbonyl (C=O) groups is 2. The summed E-state index contributed by atoms with van der Waals surface area (Å²) in [6, 6.07) is 9.39. The van der Waals surface area contributed by atoms with Crippen molar-refractivity contribution in [3.05, 3.63) is 30.3 Å². The van der Waals surface area contributed by atoms with Crippen LogP contribution in [0.25, 0.3) is 0 Å². The van der Waals surface area contributed by atoms with Crippen molar-refractivity contribution < 1.29 is 9.59 Å². The maximum absolute atomic E-state index is 12.6. The summed E-state index contributed by atoms with van der Waals surface area (Å²) >= 11 is 0. The molecule has 6 heteroatoms. The van der Waals surface area contributed by atoms with E-state index in [4.69, 9.17) is 0 Å². The molecule has 0 spiro atoms. The van der Waals surface area contributed by atoms with E-state index in [0.29, 0.717) is 18.3 Å². The molecule has 0 aromatic heterocycles. The number of nitrogens with one attached hydrogen (secondary N) is 3. The Bertz CT molecular complexity index is 608. The number of benzene rings is 1. The molecule has 2 aliphatic rings. The van der Waals surface area contributed by atoms with Gasteiger partial charge in [-0.05, 0) is 62.7 Å². The minimum atomic E-state index is -0.175. The van der Waals surface area contributed by atoms with Gasteiger partial charge >= 0.3 is 6.03 Å². The smallest absolute Gasteiger partial charge is 0.319 e. The van der Waals surface area contributed by atoms with Crippen LogP contribution < -0.4 is 16.0 Å². The molecule has 0 radical (unpaired) electrons. The van der Waals surface area contributed by atoms with Crippen LogP contribution in [-0.4, -0.2) is 49.1 Å². The SMILES string of the molecule is CC(CC(=O)N1CCC(NC(=O)Nc2ccccc2)CC1)C1CCNCC1. The molecule has 2 heterocycles. The Morgan fingerprint density at radius 2 is 1.78 bits per heavy atom. The summed E-state index contributed by atoms with van der Waals surface area (Å²) in [6.45, 7) is 5.83. The van der Waals surface area contributed by atoms with Gasteiger partial charge in [-0.1, -0.05) is 25.1 Å². The minimum absolute atomic E-state index is 0.125. The van der Waals surface area contributed by atoms with E-state index in [0.717, 1.165) is 44.7 Å². The average Bonchev–Trinajstić information content (AvgIpc) is 2.70. The first-order valence-electron chi connectivity index (χ1n) is 10.2. The van der Waals surface area contributed by atoms with Gasteiger partial charge in [0.1, 0.15) is 0 Å². The number of carbonyl (C=O) groups excluding carboxylic acids is 2. The Balaban J connectivity index is 1.37. The van der Waals surface area contributed by atoms with Crippen LogP contribution in [0, 0.1) is 11.8 Å². The van der Waals surface area contributed by atoms with Gasteiger partial charge in [-0.3, -0.25) is 4.79 Å². The van der Waals surface area contributed by atoms with Gasteiger partial charge in [0, 0.05) is 31.2 Å². The van der Waals surface area contributed by atoms with Crippen molar-refractivity contribution in [2.24, 2.45) is 11.8 Å². The van der Waals surface area contributed by atoms with Crippen molar-refractivity contribution in [3.63, 3.8) is 0 Å². The Morgan fingerprint density at radius 3 is 2.44 bits per heavy atom. The number of hydrogen-bond donors (Lipinski definition) is 3. The molecular weight excluding hydrogens is 340 g/mol. The van der Waals surface area contributed by atoms with Crippen molar-refractivity contribution >= 4 is 17.6 Å². The average molecular weight is 373 g/mol. The zero-order valence-electron chi connectivity index (χ0n) is 16.2. The van der Waals surface area contributed by atoms with E-state index in [-0.39, 0.29) is 18.0 Å². The lowest BCUT2D eigenvalue weighted by Gasteiger charge is -2.34. The number of para-hydroxylation sites is 1. The number of amides is 3. The molecule has 3 amide bonds. The highest BCUT2D eigenvalue weighted by molar-refractivity contribution is 5.89. The van der Waals surface area contributed by atoms with E-state index in [1.165, 1.54) is 12.8 Å². The number of anilines is 1. The first-order valence-corrected chi connectivity index (χ1v) is 10.2. The number of rotatable bonds is 5. The normalized spacial score (nSPS) is 20.1. The molecule has 3 rings (SSSR count). The van der Waals surface area contributed by atoms with Gasteiger partial charge in [0.15, 0.2) is 0 Å². The van der Waals surface area contributed by atoms with Crippen LogP contribution in [0.3, 0.4) is 0 Å². The first-order chi connectivity index (χ1) is 13.1. The lowest BCUT2D eigenvalue weighted by Crippen LogP contribution is -2.48. The Morgan fingerprint density at radius 1 is 1.11 bits per heavy atom. The lowest BCUT2D eigenvalue weighted by molar-refractivity contribution is -0.133. The predicted molar refractivity (Wildman–Crippen MR) is 108 cm³/mol. The number of hydrogen-bond acceptors (Lipinski definition) is 3. The van der Waals surface area contributed by atoms with E-state index in [1.54, 1.807) is 0 Å². The summed E-state index contributed by atoms with van der Waals surface area (Å²) < 4.78 is 0. The molecule has 2 fully saturated rings. The summed E-state index contributed by atoms with van der Waals surface area (Å²) in [6.07, 6.45) is 4.64. The van der Waals surface area contributed by atoms with Gasteiger partial charge in [-0.15, -0.1) is 0 Å². The molecule has 0 bridgehead atoms. The summed E-state index contributed by atoms with van der Waals surface area (Å²) in [5.74, 6) is 1.39.